The lowest BCUT2D eigenvalue weighted by atomic mass is 10.2. The number of anilines is 2. The number of hydrogen-bond donors (Lipinski definition) is 2. The molecule has 0 unspecified atom stereocenters. The standard InChI is InChI=1S/C17H13Cl2FN4S/c18-14-6-5-13(9-15(14)19)21-17(25)22-16-7-8-24(23-16)10-11-1-3-12(20)4-2-11/h1-9H,10H2,(H2,21,22,23,25). The lowest BCUT2D eigenvalue weighted by Crippen LogP contribution is -2.19. The van der Waals surface area contributed by atoms with Gasteiger partial charge in [-0.05, 0) is 48.1 Å². The molecule has 0 aliphatic rings. The molecule has 0 radical (unpaired) electrons. The monoisotopic (exact) mass is 394 g/mol. The molecule has 25 heavy (non-hydrogen) atoms. The SMILES string of the molecule is Fc1ccc(Cn2ccc(NC(=S)Nc3ccc(Cl)c(Cl)c3)n2)cc1. The third kappa shape index (κ3) is 4.92. The zero-order chi connectivity index (χ0) is 17.8. The van der Waals surface area contributed by atoms with Gasteiger partial charge in [0.25, 0.3) is 0 Å². The highest BCUT2D eigenvalue weighted by Gasteiger charge is 2.05. The van der Waals surface area contributed by atoms with E-state index in [9.17, 15) is 4.39 Å². The van der Waals surface area contributed by atoms with E-state index in [-0.39, 0.29) is 5.82 Å². The average Bonchev–Trinajstić information content (AvgIpc) is 3.00. The number of halogens is 3. The molecule has 0 amide bonds. The van der Waals surface area contributed by atoms with Gasteiger partial charge in [0.1, 0.15) is 5.82 Å². The molecule has 128 valence electrons. The van der Waals surface area contributed by atoms with Crippen LogP contribution in [-0.4, -0.2) is 14.9 Å². The first-order valence-electron chi connectivity index (χ1n) is 7.30. The van der Waals surface area contributed by atoms with E-state index in [1.54, 1.807) is 41.1 Å². The van der Waals surface area contributed by atoms with Gasteiger partial charge in [0.05, 0.1) is 16.6 Å². The summed E-state index contributed by atoms with van der Waals surface area (Å²) in [6, 6.07) is 13.2. The van der Waals surface area contributed by atoms with Gasteiger partial charge in [0, 0.05) is 18.0 Å². The van der Waals surface area contributed by atoms with E-state index in [0.29, 0.717) is 27.5 Å². The number of hydrogen-bond acceptors (Lipinski definition) is 2. The van der Waals surface area contributed by atoms with Gasteiger partial charge in [0.15, 0.2) is 10.9 Å². The van der Waals surface area contributed by atoms with Crippen molar-refractivity contribution in [2.45, 2.75) is 6.54 Å². The molecule has 0 atom stereocenters. The maximum absolute atomic E-state index is 12.9. The first-order valence-corrected chi connectivity index (χ1v) is 8.47. The summed E-state index contributed by atoms with van der Waals surface area (Å²) in [6.07, 6.45) is 1.81. The molecule has 1 heterocycles. The highest BCUT2D eigenvalue weighted by molar-refractivity contribution is 7.80. The van der Waals surface area contributed by atoms with E-state index in [0.717, 1.165) is 11.3 Å². The summed E-state index contributed by atoms with van der Waals surface area (Å²) >= 11 is 17.1. The van der Waals surface area contributed by atoms with Gasteiger partial charge in [-0.1, -0.05) is 35.3 Å². The minimum atomic E-state index is -0.259. The van der Waals surface area contributed by atoms with Crippen molar-refractivity contribution in [2.75, 3.05) is 10.6 Å². The Kier molecular flexibility index (Phi) is 5.53. The number of benzene rings is 2. The average molecular weight is 395 g/mol. The van der Waals surface area contributed by atoms with Crippen LogP contribution >= 0.6 is 35.4 Å². The van der Waals surface area contributed by atoms with Crippen molar-refractivity contribution < 1.29 is 4.39 Å². The lowest BCUT2D eigenvalue weighted by molar-refractivity contribution is 0.624. The minimum Gasteiger partial charge on any atom is -0.332 e. The minimum absolute atomic E-state index is 0.259. The number of aromatic nitrogens is 2. The number of rotatable bonds is 4. The van der Waals surface area contributed by atoms with Gasteiger partial charge in [-0.3, -0.25) is 4.68 Å². The normalized spacial score (nSPS) is 10.5. The Bertz CT molecular complexity index is 896. The predicted molar refractivity (Wildman–Crippen MR) is 104 cm³/mol. The molecular formula is C17H13Cl2FN4S. The summed E-state index contributed by atoms with van der Waals surface area (Å²) in [5, 5.41) is 11.7. The molecule has 0 saturated heterocycles. The largest absolute Gasteiger partial charge is 0.332 e. The molecule has 1 aromatic heterocycles. The fourth-order valence-corrected chi connectivity index (χ4v) is 2.67. The van der Waals surface area contributed by atoms with E-state index < -0.39 is 0 Å². The van der Waals surface area contributed by atoms with Gasteiger partial charge in [-0.15, -0.1) is 0 Å². The summed E-state index contributed by atoms with van der Waals surface area (Å²) in [5.74, 6) is 0.338. The fourth-order valence-electron chi connectivity index (χ4n) is 2.15. The molecule has 0 bridgehead atoms. The molecule has 3 aromatic rings. The van der Waals surface area contributed by atoms with Crippen molar-refractivity contribution in [3.63, 3.8) is 0 Å². The van der Waals surface area contributed by atoms with Crippen LogP contribution in [0.15, 0.2) is 54.7 Å². The van der Waals surface area contributed by atoms with Crippen LogP contribution in [0.5, 0.6) is 0 Å². The summed E-state index contributed by atoms with van der Waals surface area (Å²) in [7, 11) is 0. The Morgan fingerprint density at radius 3 is 2.52 bits per heavy atom. The Hall–Kier alpha value is -2.15. The van der Waals surface area contributed by atoms with E-state index in [4.69, 9.17) is 35.4 Å². The second kappa shape index (κ2) is 7.82. The maximum Gasteiger partial charge on any atom is 0.176 e. The van der Waals surface area contributed by atoms with Gasteiger partial charge >= 0.3 is 0 Å². The van der Waals surface area contributed by atoms with Crippen molar-refractivity contribution in [2.24, 2.45) is 0 Å². The smallest absolute Gasteiger partial charge is 0.176 e. The molecule has 4 nitrogen and oxygen atoms in total. The van der Waals surface area contributed by atoms with Crippen molar-refractivity contribution >= 4 is 52.0 Å². The highest BCUT2D eigenvalue weighted by Crippen LogP contribution is 2.25. The van der Waals surface area contributed by atoms with E-state index in [1.165, 1.54) is 12.1 Å². The molecule has 0 aliphatic carbocycles. The highest BCUT2D eigenvalue weighted by atomic mass is 35.5. The number of nitrogens with zero attached hydrogens (tertiary/aromatic N) is 2. The first-order chi connectivity index (χ1) is 12.0. The fraction of sp³-hybridized carbons (Fsp3) is 0.0588. The van der Waals surface area contributed by atoms with Crippen LogP contribution in [0.1, 0.15) is 5.56 Å². The van der Waals surface area contributed by atoms with Gasteiger partial charge in [0.2, 0.25) is 0 Å². The van der Waals surface area contributed by atoms with Gasteiger partial charge in [-0.25, -0.2) is 4.39 Å². The molecular weight excluding hydrogens is 382 g/mol. The van der Waals surface area contributed by atoms with Crippen LogP contribution in [0.2, 0.25) is 10.0 Å². The summed E-state index contributed by atoms with van der Waals surface area (Å²) < 4.78 is 14.7. The summed E-state index contributed by atoms with van der Waals surface area (Å²) in [6.45, 7) is 0.537. The molecule has 3 rings (SSSR count). The van der Waals surface area contributed by atoms with Crippen molar-refractivity contribution in [1.82, 2.24) is 9.78 Å². The Labute approximate surface area is 159 Å². The van der Waals surface area contributed by atoms with Crippen LogP contribution in [-0.2, 0) is 6.54 Å². The topological polar surface area (TPSA) is 41.9 Å². The predicted octanol–water partition coefficient (Wildman–Crippen LogP) is 5.19. The van der Waals surface area contributed by atoms with Gasteiger partial charge in [-0.2, -0.15) is 5.10 Å². The molecule has 0 spiro atoms. The third-order valence-electron chi connectivity index (χ3n) is 3.32. The van der Waals surface area contributed by atoms with Crippen LogP contribution in [0.3, 0.4) is 0 Å². The van der Waals surface area contributed by atoms with E-state index >= 15 is 0 Å². The van der Waals surface area contributed by atoms with Gasteiger partial charge < -0.3 is 10.6 Å². The van der Waals surface area contributed by atoms with E-state index in [2.05, 4.69) is 15.7 Å². The zero-order valence-corrected chi connectivity index (χ0v) is 15.2. The second-order valence-corrected chi connectivity index (χ2v) is 6.46. The van der Waals surface area contributed by atoms with Crippen molar-refractivity contribution in [1.29, 1.82) is 0 Å². The van der Waals surface area contributed by atoms with Crippen molar-refractivity contribution in [3.05, 3.63) is 76.2 Å². The molecule has 2 aromatic carbocycles. The van der Waals surface area contributed by atoms with Crippen LogP contribution in [0.25, 0.3) is 0 Å². The summed E-state index contributed by atoms with van der Waals surface area (Å²) in [5.41, 5.74) is 1.67. The Balaban J connectivity index is 1.59. The van der Waals surface area contributed by atoms with Crippen LogP contribution in [0, 0.1) is 5.82 Å². The van der Waals surface area contributed by atoms with Crippen molar-refractivity contribution in [3.8, 4) is 0 Å². The quantitative estimate of drug-likeness (QED) is 0.597. The molecule has 2 N–H and O–H groups in total. The third-order valence-corrected chi connectivity index (χ3v) is 4.26. The molecule has 0 aliphatic heterocycles. The van der Waals surface area contributed by atoms with Crippen LogP contribution < -0.4 is 10.6 Å². The number of thiocarbonyl (C=S) groups is 1. The van der Waals surface area contributed by atoms with E-state index in [1.807, 2.05) is 6.20 Å². The Morgan fingerprint density at radius 2 is 1.80 bits per heavy atom. The molecule has 0 fully saturated rings. The molecule has 0 saturated carbocycles. The Morgan fingerprint density at radius 1 is 1.04 bits per heavy atom. The summed E-state index contributed by atoms with van der Waals surface area (Å²) in [4.78, 5) is 0. The molecule has 8 heteroatoms. The maximum atomic E-state index is 12.9. The zero-order valence-electron chi connectivity index (χ0n) is 12.8. The lowest BCUT2D eigenvalue weighted by Gasteiger charge is -2.09. The van der Waals surface area contributed by atoms with Crippen LogP contribution in [0.4, 0.5) is 15.9 Å². The second-order valence-electron chi connectivity index (χ2n) is 5.23. The number of nitrogens with one attached hydrogen (secondary N) is 2. The first kappa shape index (κ1) is 17.7.